The summed E-state index contributed by atoms with van der Waals surface area (Å²) in [4.78, 5) is 12.4. The highest BCUT2D eigenvalue weighted by atomic mass is 32.2. The molecule has 2 heterocycles. The van der Waals surface area contributed by atoms with Gasteiger partial charge in [-0.25, -0.2) is 0 Å². The molecule has 0 amide bonds. The van der Waals surface area contributed by atoms with Crippen molar-refractivity contribution in [2.45, 2.75) is 0 Å². The van der Waals surface area contributed by atoms with Crippen molar-refractivity contribution in [2.24, 2.45) is 0 Å². The molecule has 0 fully saturated rings. The van der Waals surface area contributed by atoms with Crippen LogP contribution in [0.5, 0.6) is 0 Å². The summed E-state index contributed by atoms with van der Waals surface area (Å²) in [5, 5.41) is 5.39. The van der Waals surface area contributed by atoms with Gasteiger partial charge in [0, 0.05) is 15.5 Å². The van der Waals surface area contributed by atoms with Gasteiger partial charge in [-0.1, -0.05) is 0 Å². The standard InChI is InChI=1S/C9H8OS3/c1-11-4-7(10)8-2-6-3-12-5-9(6)13-8/h2-3,5H,4H2,1H3. The first kappa shape index (κ1) is 9.24. The molecule has 0 unspecified atom stereocenters. The fourth-order valence-electron chi connectivity index (χ4n) is 1.11. The summed E-state index contributed by atoms with van der Waals surface area (Å²) < 4.78 is 1.23. The van der Waals surface area contributed by atoms with Crippen LogP contribution in [0.1, 0.15) is 9.67 Å². The molecule has 4 heteroatoms. The molecule has 13 heavy (non-hydrogen) atoms. The molecule has 68 valence electrons. The third-order valence-electron chi connectivity index (χ3n) is 1.71. The zero-order valence-electron chi connectivity index (χ0n) is 7.07. The van der Waals surface area contributed by atoms with E-state index in [2.05, 4.69) is 10.8 Å². The Hall–Kier alpha value is -0.320. The molecular weight excluding hydrogens is 220 g/mol. The number of carbonyl (C=O) groups is 1. The summed E-state index contributed by atoms with van der Waals surface area (Å²) in [7, 11) is 0. The Balaban J connectivity index is 2.34. The summed E-state index contributed by atoms with van der Waals surface area (Å²) in [6, 6.07) is 2.00. The van der Waals surface area contributed by atoms with Crippen LogP contribution in [0.25, 0.3) is 10.1 Å². The third-order valence-corrected chi connectivity index (χ3v) is 4.31. The van der Waals surface area contributed by atoms with Gasteiger partial charge in [0.1, 0.15) is 0 Å². The van der Waals surface area contributed by atoms with E-state index in [1.165, 1.54) is 10.1 Å². The maximum Gasteiger partial charge on any atom is 0.182 e. The molecule has 0 saturated carbocycles. The minimum absolute atomic E-state index is 0.249. The van der Waals surface area contributed by atoms with Crippen LogP contribution < -0.4 is 0 Å². The van der Waals surface area contributed by atoms with Crippen LogP contribution in [-0.4, -0.2) is 17.8 Å². The molecule has 0 aliphatic heterocycles. The highest BCUT2D eigenvalue weighted by Crippen LogP contribution is 2.29. The van der Waals surface area contributed by atoms with Gasteiger partial charge in [-0.3, -0.25) is 4.79 Å². The minimum atomic E-state index is 0.249. The first-order chi connectivity index (χ1) is 6.31. The van der Waals surface area contributed by atoms with Crippen LogP contribution in [0, 0.1) is 0 Å². The predicted octanol–water partition coefficient (Wildman–Crippen LogP) is 3.51. The van der Waals surface area contributed by atoms with Crippen molar-refractivity contribution in [2.75, 3.05) is 12.0 Å². The maximum atomic E-state index is 11.5. The van der Waals surface area contributed by atoms with E-state index < -0.39 is 0 Å². The topological polar surface area (TPSA) is 17.1 Å². The van der Waals surface area contributed by atoms with Crippen LogP contribution in [-0.2, 0) is 0 Å². The number of Topliss-reactive ketones (excluding diaryl/α,β-unsaturated/α-hetero) is 1. The molecule has 0 aliphatic rings. The predicted molar refractivity (Wildman–Crippen MR) is 62.4 cm³/mol. The number of carbonyl (C=O) groups excluding carboxylic acids is 1. The molecule has 0 spiro atoms. The van der Waals surface area contributed by atoms with E-state index in [0.717, 1.165) is 4.88 Å². The van der Waals surface area contributed by atoms with E-state index in [4.69, 9.17) is 0 Å². The summed E-state index contributed by atoms with van der Waals surface area (Å²) in [5.41, 5.74) is 0. The number of rotatable bonds is 3. The van der Waals surface area contributed by atoms with E-state index in [0.29, 0.717) is 5.75 Å². The van der Waals surface area contributed by atoms with E-state index in [1.54, 1.807) is 34.4 Å². The van der Waals surface area contributed by atoms with E-state index in [9.17, 15) is 4.79 Å². The lowest BCUT2D eigenvalue weighted by Gasteiger charge is -1.91. The van der Waals surface area contributed by atoms with Crippen LogP contribution in [0.15, 0.2) is 16.8 Å². The van der Waals surface area contributed by atoms with Gasteiger partial charge in [-0.15, -0.1) is 11.3 Å². The summed E-state index contributed by atoms with van der Waals surface area (Å²) in [6.07, 6.45) is 1.95. The summed E-state index contributed by atoms with van der Waals surface area (Å²) in [6.45, 7) is 0. The highest BCUT2D eigenvalue weighted by Gasteiger charge is 2.09. The smallest absolute Gasteiger partial charge is 0.182 e. The molecular formula is C9H8OS3. The van der Waals surface area contributed by atoms with E-state index in [1.807, 2.05) is 12.3 Å². The SMILES string of the molecule is CSCC(=O)c1cc2cscc2s1. The molecule has 0 bridgehead atoms. The fraction of sp³-hybridized carbons (Fsp3) is 0.222. The van der Waals surface area contributed by atoms with Crippen LogP contribution in [0.3, 0.4) is 0 Å². The highest BCUT2D eigenvalue weighted by molar-refractivity contribution is 7.99. The van der Waals surface area contributed by atoms with Gasteiger partial charge < -0.3 is 0 Å². The van der Waals surface area contributed by atoms with Crippen molar-refractivity contribution < 1.29 is 4.79 Å². The van der Waals surface area contributed by atoms with E-state index in [-0.39, 0.29) is 5.78 Å². The summed E-state index contributed by atoms with van der Waals surface area (Å²) in [5.74, 6) is 0.839. The van der Waals surface area contributed by atoms with Crippen molar-refractivity contribution >= 4 is 50.3 Å². The maximum absolute atomic E-state index is 11.5. The van der Waals surface area contributed by atoms with Crippen molar-refractivity contribution in [1.82, 2.24) is 0 Å². The monoisotopic (exact) mass is 228 g/mol. The first-order valence-electron chi connectivity index (χ1n) is 3.79. The van der Waals surface area contributed by atoms with Gasteiger partial charge in [-0.2, -0.15) is 23.1 Å². The van der Waals surface area contributed by atoms with Crippen LogP contribution in [0.2, 0.25) is 0 Å². The van der Waals surface area contributed by atoms with Crippen molar-refractivity contribution in [3.8, 4) is 0 Å². The molecule has 2 rings (SSSR count). The second-order valence-electron chi connectivity index (χ2n) is 2.66. The number of thioether (sulfide) groups is 1. The zero-order chi connectivity index (χ0) is 9.26. The molecule has 0 aromatic carbocycles. The van der Waals surface area contributed by atoms with Crippen LogP contribution >= 0.6 is 34.4 Å². The number of hydrogen-bond donors (Lipinski definition) is 0. The molecule has 2 aromatic rings. The Kier molecular flexibility index (Phi) is 2.71. The molecule has 2 aromatic heterocycles. The quantitative estimate of drug-likeness (QED) is 0.748. The average Bonchev–Trinajstić information content (AvgIpc) is 2.61. The number of ketones is 1. The molecule has 0 atom stereocenters. The second kappa shape index (κ2) is 3.82. The average molecular weight is 228 g/mol. The van der Waals surface area contributed by atoms with Crippen molar-refractivity contribution in [1.29, 1.82) is 0 Å². The number of fused-ring (bicyclic) bond motifs is 1. The van der Waals surface area contributed by atoms with Crippen molar-refractivity contribution in [3.05, 3.63) is 21.7 Å². The summed E-state index contributed by atoms with van der Waals surface area (Å²) >= 11 is 4.86. The van der Waals surface area contributed by atoms with Gasteiger partial charge in [0.2, 0.25) is 0 Å². The van der Waals surface area contributed by atoms with Gasteiger partial charge in [0.15, 0.2) is 5.78 Å². The van der Waals surface area contributed by atoms with Gasteiger partial charge in [0.05, 0.1) is 10.6 Å². The van der Waals surface area contributed by atoms with Gasteiger partial charge >= 0.3 is 0 Å². The Morgan fingerprint density at radius 3 is 3.08 bits per heavy atom. The first-order valence-corrected chi connectivity index (χ1v) is 6.94. The lowest BCUT2D eigenvalue weighted by molar-refractivity contribution is 0.102. The van der Waals surface area contributed by atoms with Crippen molar-refractivity contribution in [3.63, 3.8) is 0 Å². The zero-order valence-corrected chi connectivity index (χ0v) is 9.52. The van der Waals surface area contributed by atoms with Gasteiger partial charge in [0.25, 0.3) is 0 Å². The molecule has 0 saturated heterocycles. The largest absolute Gasteiger partial charge is 0.292 e. The fourth-order valence-corrected chi connectivity index (χ4v) is 3.57. The Labute approximate surface area is 88.8 Å². The minimum Gasteiger partial charge on any atom is -0.292 e. The number of thiophene rings is 2. The van der Waals surface area contributed by atoms with Crippen LogP contribution in [0.4, 0.5) is 0 Å². The Morgan fingerprint density at radius 2 is 2.38 bits per heavy atom. The number of hydrogen-bond acceptors (Lipinski definition) is 4. The lowest BCUT2D eigenvalue weighted by Crippen LogP contribution is -1.97. The van der Waals surface area contributed by atoms with Gasteiger partial charge in [-0.05, 0) is 17.7 Å². The normalized spacial score (nSPS) is 10.8. The Bertz CT molecular complexity index is 398. The molecule has 1 nitrogen and oxygen atoms in total. The molecule has 0 N–H and O–H groups in total. The molecule has 0 aliphatic carbocycles. The Morgan fingerprint density at radius 1 is 1.54 bits per heavy atom. The van der Waals surface area contributed by atoms with E-state index >= 15 is 0 Å². The third kappa shape index (κ3) is 1.80. The molecule has 0 radical (unpaired) electrons. The lowest BCUT2D eigenvalue weighted by atomic mass is 10.3. The second-order valence-corrected chi connectivity index (χ2v) is 5.35.